The summed E-state index contributed by atoms with van der Waals surface area (Å²) in [4.78, 5) is 159. The molecule has 5 heterocycles. The minimum Gasteiger partial charge on any atom is -0.494 e. The van der Waals surface area contributed by atoms with Gasteiger partial charge >= 0.3 is 36.0 Å². The van der Waals surface area contributed by atoms with Crippen LogP contribution in [0.4, 0.5) is 8.78 Å². The number of imidazole rings is 2. The highest BCUT2D eigenvalue weighted by Gasteiger charge is 2.47. The van der Waals surface area contributed by atoms with Crippen LogP contribution in [-0.4, -0.2) is 205 Å². The first-order chi connectivity index (χ1) is 39.4. The van der Waals surface area contributed by atoms with E-state index in [-0.39, 0.29) is 82.0 Å². The van der Waals surface area contributed by atoms with Crippen LogP contribution in [0.2, 0.25) is 0 Å². The Morgan fingerprint density at radius 3 is 1.99 bits per heavy atom. The van der Waals surface area contributed by atoms with E-state index in [0.717, 1.165) is 4.90 Å². The number of carbonyl (C=O) groups excluding carboxylic acids is 7. The van der Waals surface area contributed by atoms with Crippen LogP contribution in [-0.2, 0) is 78.9 Å². The summed E-state index contributed by atoms with van der Waals surface area (Å²) in [6.07, 6.45) is 4.67. The Labute approximate surface area is 470 Å². The number of pyridine rings is 1. The predicted molar refractivity (Wildman–Crippen MR) is 273 cm³/mol. The van der Waals surface area contributed by atoms with Gasteiger partial charge in [0.05, 0.1) is 56.8 Å². The topological polar surface area (TPSA) is 413 Å². The third-order valence-corrected chi connectivity index (χ3v) is 13.6. The number of amides is 3. The summed E-state index contributed by atoms with van der Waals surface area (Å²) in [7, 11) is 0. The summed E-state index contributed by atoms with van der Waals surface area (Å²) in [6.45, 7) is 0.292. The summed E-state index contributed by atoms with van der Waals surface area (Å²) < 4.78 is 36.8. The molecule has 83 heavy (non-hydrogen) atoms. The highest BCUT2D eigenvalue weighted by Crippen LogP contribution is 2.33. The van der Waals surface area contributed by atoms with Gasteiger partial charge in [0.2, 0.25) is 17.7 Å². The summed E-state index contributed by atoms with van der Waals surface area (Å²) >= 11 is 0. The SMILES string of the molecule is N#C[C@@H]1CC(F)(F)CN1C(=O)CCC(=O)c1ccnc2ccc(OCCCN3CCN(C(=O)CN(Cc4nccn4CC(=O)C[C@@H](CC(C(=O)O)C(=O)O)C(=O)O)Cc4nccn4CC(=O)NCCC(C(=O)O)C(=O)O)CC3)cc12.O=C=O. The molecule has 29 nitrogen and oxygen atoms in total. The number of nitriles is 1. The Hall–Kier alpha value is -9.40. The molecule has 0 spiro atoms. The molecule has 2 aliphatic heterocycles. The van der Waals surface area contributed by atoms with Crippen molar-refractivity contribution in [3.05, 3.63) is 72.5 Å². The first-order valence-corrected chi connectivity index (χ1v) is 25.7. The number of Topliss-reactive ketones (excluding diaryl/α,β-unsaturated/α-hetero) is 2. The molecule has 0 saturated carbocycles. The van der Waals surface area contributed by atoms with E-state index in [2.05, 4.69) is 25.2 Å². The second-order valence-corrected chi connectivity index (χ2v) is 19.4. The molecule has 6 rings (SSSR count). The van der Waals surface area contributed by atoms with Gasteiger partial charge in [-0.15, -0.1) is 0 Å². The number of piperazine rings is 1. The largest absolute Gasteiger partial charge is 0.494 e. The van der Waals surface area contributed by atoms with Gasteiger partial charge < -0.3 is 54.5 Å². The molecule has 0 aliphatic carbocycles. The quantitative estimate of drug-likeness (QED) is 0.0227. The van der Waals surface area contributed by atoms with Gasteiger partial charge in [0.15, 0.2) is 23.4 Å². The van der Waals surface area contributed by atoms with E-state index in [9.17, 15) is 87.5 Å². The monoisotopic (exact) mass is 1160 g/mol. The van der Waals surface area contributed by atoms with Crippen LogP contribution < -0.4 is 10.1 Å². The number of ether oxygens (including phenoxy) is 1. The van der Waals surface area contributed by atoms with E-state index < -0.39 is 115 Å². The Morgan fingerprint density at radius 2 is 1.40 bits per heavy atom. The lowest BCUT2D eigenvalue weighted by Gasteiger charge is -2.35. The number of carboxylic acids is 5. The zero-order valence-electron chi connectivity index (χ0n) is 44.4. The lowest BCUT2D eigenvalue weighted by atomic mass is 9.90. The van der Waals surface area contributed by atoms with Crippen LogP contribution >= 0.6 is 0 Å². The number of nitrogens with one attached hydrogen (secondary N) is 1. The van der Waals surface area contributed by atoms with Crippen LogP contribution in [0, 0.1) is 29.1 Å². The average Bonchev–Trinajstić information content (AvgIpc) is 4.34. The lowest BCUT2D eigenvalue weighted by Crippen LogP contribution is -2.51. The molecule has 0 unspecified atom stereocenters. The van der Waals surface area contributed by atoms with E-state index in [4.69, 9.17) is 14.3 Å². The standard InChI is InChI=1S/C51H59F2N11O16.CO2/c52-51(53)23-32(24-54)64(30-51)44(68)5-4-40(66)35-6-8-55-39-3-2-34(22-37(35)39)80-19-1-12-59-15-17-61(18-16-59)45(69)29-60(27-42-57-11-14-63(42)28-43(67)58-9-7-36(47(72)73)48(74)75)26-41-56-10-13-62(41)25-33(65)20-31(46(70)71)21-38(49(76)77)50(78)79;2-1-3/h2-3,6,8,10-11,13-14,22,31-32,36,38H,1,4-5,7,9,12,15-21,23,25-30H2,(H,58,67)(H,70,71)(H,72,73)(H,74,75)(H,76,77)(H,78,79);/t31-,32-;/m0./s1. The van der Waals surface area contributed by atoms with Crippen LogP contribution in [0.25, 0.3) is 10.9 Å². The molecule has 6 N–H and O–H groups in total. The van der Waals surface area contributed by atoms with Gasteiger partial charge in [0.1, 0.15) is 30.0 Å². The van der Waals surface area contributed by atoms with Gasteiger partial charge in [-0.2, -0.15) is 14.9 Å². The zero-order valence-corrected chi connectivity index (χ0v) is 44.4. The molecule has 2 fully saturated rings. The maximum absolute atomic E-state index is 14.0. The number of carbonyl (C=O) groups is 10. The molecule has 3 amide bonds. The molecule has 2 saturated heterocycles. The van der Waals surface area contributed by atoms with Gasteiger partial charge in [0, 0.05) is 107 Å². The molecular formula is C52H59F2N11O18. The van der Waals surface area contributed by atoms with Crippen molar-refractivity contribution in [2.24, 2.45) is 17.8 Å². The number of carboxylic acid groups (broad SMARTS) is 5. The molecule has 2 aliphatic rings. The number of alkyl halides is 2. The number of hydrogen-bond donors (Lipinski definition) is 6. The summed E-state index contributed by atoms with van der Waals surface area (Å²) in [6, 6.07) is 6.99. The van der Waals surface area contributed by atoms with Gasteiger partial charge in [-0.1, -0.05) is 0 Å². The predicted octanol–water partition coefficient (Wildman–Crippen LogP) is 0.510. The number of aromatic nitrogens is 5. The van der Waals surface area contributed by atoms with Crippen molar-refractivity contribution in [2.75, 3.05) is 59.0 Å². The molecule has 4 aromatic rings. The first-order valence-electron chi connectivity index (χ1n) is 25.7. The van der Waals surface area contributed by atoms with Crippen LogP contribution in [0.3, 0.4) is 0 Å². The summed E-state index contributed by atoms with van der Waals surface area (Å²) in [5.74, 6) is -18.5. The highest BCUT2D eigenvalue weighted by molar-refractivity contribution is 6.08. The minimum atomic E-state index is -3.18. The number of fused-ring (bicyclic) bond motifs is 1. The van der Waals surface area contributed by atoms with E-state index >= 15 is 0 Å². The minimum absolute atomic E-state index is 0.0682. The lowest BCUT2D eigenvalue weighted by molar-refractivity contribution is -0.192. The number of ketones is 2. The molecule has 31 heteroatoms. The average molecular weight is 1160 g/mol. The van der Waals surface area contributed by atoms with Crippen molar-refractivity contribution in [1.29, 1.82) is 5.26 Å². The van der Waals surface area contributed by atoms with Crippen LogP contribution in [0.1, 0.15) is 67.0 Å². The van der Waals surface area contributed by atoms with Crippen LogP contribution in [0.5, 0.6) is 5.75 Å². The van der Waals surface area contributed by atoms with E-state index in [1.165, 1.54) is 46.2 Å². The van der Waals surface area contributed by atoms with E-state index in [1.54, 1.807) is 34.1 Å². The zero-order chi connectivity index (χ0) is 61.0. The van der Waals surface area contributed by atoms with Crippen molar-refractivity contribution in [3.63, 3.8) is 0 Å². The van der Waals surface area contributed by atoms with Gasteiger partial charge in [-0.3, -0.25) is 62.7 Å². The molecule has 1 aromatic carbocycles. The molecule has 2 atom stereocenters. The summed E-state index contributed by atoms with van der Waals surface area (Å²) in [5.41, 5.74) is 0.759. The van der Waals surface area contributed by atoms with Crippen molar-refractivity contribution < 1.29 is 96.6 Å². The number of benzene rings is 1. The van der Waals surface area contributed by atoms with E-state index in [0.29, 0.717) is 61.6 Å². The number of rotatable bonds is 31. The van der Waals surface area contributed by atoms with Crippen molar-refractivity contribution in [2.45, 2.75) is 83.1 Å². The van der Waals surface area contributed by atoms with E-state index in [1.807, 2.05) is 0 Å². The van der Waals surface area contributed by atoms with Crippen molar-refractivity contribution in [3.8, 4) is 11.8 Å². The fourth-order valence-corrected chi connectivity index (χ4v) is 9.29. The first kappa shape index (κ1) is 64.4. The second-order valence-electron chi connectivity index (χ2n) is 19.4. The molecule has 3 aromatic heterocycles. The van der Waals surface area contributed by atoms with Crippen molar-refractivity contribution >= 4 is 76.2 Å². The number of hydrogen-bond acceptors (Lipinski definition) is 19. The number of aliphatic carboxylic acids is 5. The Balaban J connectivity index is 0.00000411. The van der Waals surface area contributed by atoms with Crippen LogP contribution in [0.15, 0.2) is 55.2 Å². The number of nitrogens with zero attached hydrogens (tertiary/aromatic N) is 10. The third-order valence-electron chi connectivity index (χ3n) is 13.6. The Kier molecular flexibility index (Phi) is 23.6. The maximum atomic E-state index is 14.0. The normalized spacial score (nSPS) is 15.2. The molecule has 0 bridgehead atoms. The van der Waals surface area contributed by atoms with Crippen molar-refractivity contribution in [1.82, 2.24) is 49.0 Å². The molecule has 444 valence electrons. The van der Waals surface area contributed by atoms with Gasteiger partial charge in [-0.25, -0.2) is 18.7 Å². The number of halogens is 2. The van der Waals surface area contributed by atoms with Gasteiger partial charge in [-0.05, 0) is 43.5 Å². The Morgan fingerprint density at radius 1 is 0.783 bits per heavy atom. The number of likely N-dealkylation sites (tertiary alicyclic amines) is 1. The Bertz CT molecular complexity index is 3080. The fraction of sp³-hybridized carbons (Fsp3) is 0.481. The summed E-state index contributed by atoms with van der Waals surface area (Å²) in [5, 5.41) is 58.9. The molecular weight excluding hydrogens is 1100 g/mol. The fourth-order valence-electron chi connectivity index (χ4n) is 9.29. The van der Waals surface area contributed by atoms with Gasteiger partial charge in [0.25, 0.3) is 5.92 Å². The smallest absolute Gasteiger partial charge is 0.373 e. The third kappa shape index (κ3) is 19.1. The second kappa shape index (κ2) is 30.4. The maximum Gasteiger partial charge on any atom is 0.373 e. The highest BCUT2D eigenvalue weighted by atomic mass is 19.3. The molecule has 0 radical (unpaired) electrons.